The number of nitrogens with zero attached hydrogens (tertiary/aromatic N) is 3. The molecule has 3 rings (SSSR count). The maximum Gasteiger partial charge on any atom is 0.210 e. The summed E-state index contributed by atoms with van der Waals surface area (Å²) in [4.78, 5) is 19.7. The molecule has 4 nitrogen and oxygen atoms in total. The van der Waals surface area contributed by atoms with Crippen molar-refractivity contribution < 1.29 is 4.79 Å². The SMILES string of the molecule is CN(c1ccccc1)c1ccc(C2CCCCN2C=O)cn1. The Hall–Kier alpha value is -2.36. The summed E-state index contributed by atoms with van der Waals surface area (Å²) in [6.07, 6.45) is 6.15. The summed E-state index contributed by atoms with van der Waals surface area (Å²) in [6, 6.07) is 14.5. The molecule has 22 heavy (non-hydrogen) atoms. The molecule has 1 atom stereocenters. The van der Waals surface area contributed by atoms with Crippen molar-refractivity contribution in [3.8, 4) is 0 Å². The number of rotatable bonds is 4. The van der Waals surface area contributed by atoms with Crippen LogP contribution in [0.1, 0.15) is 30.9 Å². The van der Waals surface area contributed by atoms with Gasteiger partial charge in [0.2, 0.25) is 6.41 Å². The average Bonchev–Trinajstić information content (AvgIpc) is 2.62. The highest BCUT2D eigenvalue weighted by Gasteiger charge is 2.22. The fourth-order valence-electron chi connectivity index (χ4n) is 3.01. The van der Waals surface area contributed by atoms with Crippen LogP contribution in [0.2, 0.25) is 0 Å². The molecule has 0 N–H and O–H groups in total. The predicted molar refractivity (Wildman–Crippen MR) is 88.1 cm³/mol. The summed E-state index contributed by atoms with van der Waals surface area (Å²) in [6.45, 7) is 0.847. The fraction of sp³-hybridized carbons (Fsp3) is 0.333. The normalized spacial score (nSPS) is 18.0. The highest BCUT2D eigenvalue weighted by molar-refractivity contribution is 5.59. The predicted octanol–water partition coefficient (Wildman–Crippen LogP) is 3.53. The lowest BCUT2D eigenvalue weighted by molar-refractivity contribution is -0.121. The van der Waals surface area contributed by atoms with Crippen LogP contribution in [0, 0.1) is 0 Å². The van der Waals surface area contributed by atoms with Gasteiger partial charge in [-0.3, -0.25) is 4.79 Å². The zero-order valence-corrected chi connectivity index (χ0v) is 12.9. The number of hydrogen-bond acceptors (Lipinski definition) is 3. The van der Waals surface area contributed by atoms with Gasteiger partial charge in [-0.1, -0.05) is 24.3 Å². The number of amides is 1. The van der Waals surface area contributed by atoms with Gasteiger partial charge in [-0.15, -0.1) is 0 Å². The second-order valence-electron chi connectivity index (χ2n) is 5.70. The first kappa shape index (κ1) is 14.6. The molecule has 0 spiro atoms. The first-order chi connectivity index (χ1) is 10.8. The third kappa shape index (κ3) is 2.96. The molecule has 4 heteroatoms. The second-order valence-corrected chi connectivity index (χ2v) is 5.70. The molecule has 1 aliphatic heterocycles. The molecule has 0 bridgehead atoms. The van der Waals surface area contributed by atoms with Gasteiger partial charge in [0, 0.05) is 25.5 Å². The van der Waals surface area contributed by atoms with Crippen LogP contribution in [0.25, 0.3) is 0 Å². The molecule has 0 aliphatic carbocycles. The van der Waals surface area contributed by atoms with E-state index in [-0.39, 0.29) is 6.04 Å². The molecule has 0 radical (unpaired) electrons. The van der Waals surface area contributed by atoms with Crippen molar-refractivity contribution in [3.63, 3.8) is 0 Å². The van der Waals surface area contributed by atoms with Gasteiger partial charge < -0.3 is 9.80 Å². The average molecular weight is 295 g/mol. The third-order valence-electron chi connectivity index (χ3n) is 4.32. The van der Waals surface area contributed by atoms with Gasteiger partial charge in [-0.05, 0) is 43.0 Å². The van der Waals surface area contributed by atoms with Crippen molar-refractivity contribution in [3.05, 3.63) is 54.2 Å². The number of hydrogen-bond donors (Lipinski definition) is 0. The molecule has 2 heterocycles. The van der Waals surface area contributed by atoms with Crippen molar-refractivity contribution in [2.75, 3.05) is 18.5 Å². The number of carbonyl (C=O) groups is 1. The lowest BCUT2D eigenvalue weighted by Gasteiger charge is -2.33. The molecule has 1 amide bonds. The van der Waals surface area contributed by atoms with Gasteiger partial charge in [-0.2, -0.15) is 0 Å². The zero-order chi connectivity index (χ0) is 15.4. The Morgan fingerprint density at radius 3 is 2.68 bits per heavy atom. The van der Waals surface area contributed by atoms with Crippen LogP contribution < -0.4 is 4.90 Å². The van der Waals surface area contributed by atoms with E-state index in [4.69, 9.17) is 0 Å². The summed E-state index contributed by atoms with van der Waals surface area (Å²) in [7, 11) is 2.01. The van der Waals surface area contributed by atoms with E-state index in [0.29, 0.717) is 0 Å². The maximum atomic E-state index is 11.2. The maximum absolute atomic E-state index is 11.2. The summed E-state index contributed by atoms with van der Waals surface area (Å²) in [5.74, 6) is 0.906. The monoisotopic (exact) mass is 295 g/mol. The molecule has 1 saturated heterocycles. The molecule has 114 valence electrons. The molecule has 2 aromatic rings. The minimum atomic E-state index is 0.176. The second kappa shape index (κ2) is 6.60. The van der Waals surface area contributed by atoms with Gasteiger partial charge >= 0.3 is 0 Å². The Labute approximate surface area is 131 Å². The van der Waals surface area contributed by atoms with Gasteiger partial charge in [0.1, 0.15) is 5.82 Å². The number of piperidine rings is 1. The summed E-state index contributed by atoms with van der Waals surface area (Å²) >= 11 is 0. The number of benzene rings is 1. The number of anilines is 2. The van der Waals surface area contributed by atoms with E-state index in [9.17, 15) is 4.79 Å². The first-order valence-corrected chi connectivity index (χ1v) is 7.75. The van der Waals surface area contributed by atoms with E-state index >= 15 is 0 Å². The Bertz CT molecular complexity index is 612. The van der Waals surface area contributed by atoms with Gasteiger partial charge in [0.25, 0.3) is 0 Å². The lowest BCUT2D eigenvalue weighted by atomic mass is 9.97. The van der Waals surface area contributed by atoms with Crippen molar-refractivity contribution in [2.45, 2.75) is 25.3 Å². The Morgan fingerprint density at radius 2 is 2.00 bits per heavy atom. The number of pyridine rings is 1. The van der Waals surface area contributed by atoms with E-state index < -0.39 is 0 Å². The summed E-state index contributed by atoms with van der Waals surface area (Å²) in [5.41, 5.74) is 2.23. The first-order valence-electron chi connectivity index (χ1n) is 7.75. The van der Waals surface area contributed by atoms with Gasteiger partial charge in [0.05, 0.1) is 6.04 Å². The van der Waals surface area contributed by atoms with E-state index in [2.05, 4.69) is 28.1 Å². The van der Waals surface area contributed by atoms with Crippen LogP contribution in [0.15, 0.2) is 48.7 Å². The number of para-hydroxylation sites is 1. The van der Waals surface area contributed by atoms with Crippen molar-refractivity contribution in [1.29, 1.82) is 0 Å². The smallest absolute Gasteiger partial charge is 0.210 e. The van der Waals surface area contributed by atoms with E-state index in [1.807, 2.05) is 42.4 Å². The minimum absolute atomic E-state index is 0.176. The van der Waals surface area contributed by atoms with E-state index in [1.165, 1.54) is 6.42 Å². The number of aromatic nitrogens is 1. The molecule has 1 aromatic heterocycles. The van der Waals surface area contributed by atoms with Crippen LogP contribution in [-0.2, 0) is 4.79 Å². The van der Waals surface area contributed by atoms with Crippen LogP contribution >= 0.6 is 0 Å². The van der Waals surface area contributed by atoms with Crippen molar-refractivity contribution in [1.82, 2.24) is 9.88 Å². The topological polar surface area (TPSA) is 36.4 Å². The Kier molecular flexibility index (Phi) is 4.37. The largest absolute Gasteiger partial charge is 0.338 e. The van der Waals surface area contributed by atoms with Crippen LogP contribution in [0.4, 0.5) is 11.5 Å². The molecule has 1 fully saturated rings. The third-order valence-corrected chi connectivity index (χ3v) is 4.32. The van der Waals surface area contributed by atoms with Gasteiger partial charge in [-0.25, -0.2) is 4.98 Å². The highest BCUT2D eigenvalue weighted by Crippen LogP contribution is 2.30. The summed E-state index contributed by atoms with van der Waals surface area (Å²) in [5, 5.41) is 0. The highest BCUT2D eigenvalue weighted by atomic mass is 16.1. The van der Waals surface area contributed by atoms with Crippen LogP contribution in [-0.4, -0.2) is 29.9 Å². The summed E-state index contributed by atoms with van der Waals surface area (Å²) < 4.78 is 0. The molecule has 1 aliphatic rings. The Balaban J connectivity index is 1.79. The molecular weight excluding hydrogens is 274 g/mol. The number of likely N-dealkylation sites (tertiary alicyclic amines) is 1. The molecule has 1 unspecified atom stereocenters. The molecule has 1 aromatic carbocycles. The zero-order valence-electron chi connectivity index (χ0n) is 12.9. The van der Waals surface area contributed by atoms with Crippen molar-refractivity contribution >= 4 is 17.9 Å². The van der Waals surface area contributed by atoms with E-state index in [0.717, 1.165) is 42.9 Å². The van der Waals surface area contributed by atoms with E-state index in [1.54, 1.807) is 0 Å². The number of carbonyl (C=O) groups excluding carboxylic acids is 1. The van der Waals surface area contributed by atoms with Crippen LogP contribution in [0.3, 0.4) is 0 Å². The standard InChI is InChI=1S/C18H21N3O/c1-20(16-7-3-2-4-8-16)18-11-10-15(13-19-18)17-9-5-6-12-21(17)14-22/h2-4,7-8,10-11,13-14,17H,5-6,9,12H2,1H3. The van der Waals surface area contributed by atoms with Crippen LogP contribution in [0.5, 0.6) is 0 Å². The minimum Gasteiger partial charge on any atom is -0.338 e. The Morgan fingerprint density at radius 1 is 1.18 bits per heavy atom. The molecule has 0 saturated carbocycles. The lowest BCUT2D eigenvalue weighted by Crippen LogP contribution is -2.32. The fourth-order valence-corrected chi connectivity index (χ4v) is 3.01. The quantitative estimate of drug-likeness (QED) is 0.810. The van der Waals surface area contributed by atoms with Crippen molar-refractivity contribution in [2.24, 2.45) is 0 Å². The molecular formula is C18H21N3O. The van der Waals surface area contributed by atoms with Gasteiger partial charge in [0.15, 0.2) is 0 Å².